The molecule has 1 aromatic carbocycles. The minimum absolute atomic E-state index is 0.319. The summed E-state index contributed by atoms with van der Waals surface area (Å²) in [5, 5.41) is 0. The Morgan fingerprint density at radius 1 is 0.700 bits per heavy atom. The lowest BCUT2D eigenvalue weighted by molar-refractivity contribution is 0.318. The molecule has 0 spiro atoms. The van der Waals surface area contributed by atoms with E-state index in [-0.39, 0.29) is 0 Å². The molecule has 1 fully saturated rings. The molecule has 4 rings (SSSR count). The van der Waals surface area contributed by atoms with Crippen LogP contribution >= 0.6 is 0 Å². The van der Waals surface area contributed by atoms with Crippen molar-refractivity contribution in [3.05, 3.63) is 59.9 Å². The average molecular weight is 410 g/mol. The zero-order valence-corrected chi connectivity index (χ0v) is 17.6. The van der Waals surface area contributed by atoms with Crippen LogP contribution in [-0.4, -0.2) is 48.4 Å². The maximum atomic E-state index is 5.23. The predicted molar refractivity (Wildman–Crippen MR) is 111 cm³/mol. The average Bonchev–Trinajstić information content (AvgIpc) is 2.79. The van der Waals surface area contributed by atoms with E-state index in [0.29, 0.717) is 35.6 Å². The zero-order chi connectivity index (χ0) is 21.3. The predicted octanol–water partition coefficient (Wildman–Crippen LogP) is 3.65. The van der Waals surface area contributed by atoms with E-state index in [1.165, 1.54) is 19.1 Å². The van der Waals surface area contributed by atoms with Crippen molar-refractivity contribution in [1.29, 1.82) is 0 Å². The zero-order valence-electron chi connectivity index (χ0n) is 17.6. The molecule has 2 heterocycles. The maximum absolute atomic E-state index is 5.23. The van der Waals surface area contributed by atoms with Crippen LogP contribution < -0.4 is 18.9 Å². The van der Waals surface area contributed by atoms with Gasteiger partial charge in [-0.1, -0.05) is 30.3 Å². The Hall–Kier alpha value is -3.42. The van der Waals surface area contributed by atoms with Crippen molar-refractivity contribution >= 4 is 0 Å². The Morgan fingerprint density at radius 3 is 1.97 bits per heavy atom. The van der Waals surface area contributed by atoms with E-state index in [1.54, 1.807) is 33.6 Å². The first-order valence-corrected chi connectivity index (χ1v) is 9.61. The number of benzene rings is 1. The van der Waals surface area contributed by atoms with Crippen LogP contribution in [0.4, 0.5) is 0 Å². The van der Waals surface area contributed by atoms with Crippen LogP contribution in [-0.2, 0) is 0 Å². The Balaban J connectivity index is 0.000000216. The van der Waals surface area contributed by atoms with Gasteiger partial charge in [-0.25, -0.2) is 4.98 Å². The molecule has 8 nitrogen and oxygen atoms in total. The van der Waals surface area contributed by atoms with Gasteiger partial charge in [0.25, 0.3) is 0 Å². The Kier molecular flexibility index (Phi) is 7.37. The van der Waals surface area contributed by atoms with Crippen molar-refractivity contribution in [2.75, 3.05) is 28.4 Å². The highest BCUT2D eigenvalue weighted by atomic mass is 16.5. The fourth-order valence-corrected chi connectivity index (χ4v) is 3.30. The number of hydrogen-bond donors (Lipinski definition) is 0. The Labute approximate surface area is 176 Å². The number of aromatic nitrogens is 4. The second-order valence-corrected chi connectivity index (χ2v) is 6.61. The minimum atomic E-state index is 0.319. The molecule has 1 aliphatic carbocycles. The lowest BCUT2D eigenvalue weighted by atomic mass is 9.68. The highest BCUT2D eigenvalue weighted by Crippen LogP contribution is 2.48. The first kappa shape index (κ1) is 21.3. The van der Waals surface area contributed by atoms with E-state index in [0.717, 1.165) is 12.1 Å². The summed E-state index contributed by atoms with van der Waals surface area (Å²) >= 11 is 0. The van der Waals surface area contributed by atoms with E-state index in [9.17, 15) is 0 Å². The van der Waals surface area contributed by atoms with Crippen molar-refractivity contribution in [3.8, 4) is 23.8 Å². The Bertz CT molecular complexity index is 898. The van der Waals surface area contributed by atoms with Gasteiger partial charge in [-0.15, -0.1) is 0 Å². The number of nitrogens with zero attached hydrogens (tertiary/aromatic N) is 4. The van der Waals surface area contributed by atoms with Gasteiger partial charge in [-0.3, -0.25) is 0 Å². The van der Waals surface area contributed by atoms with E-state index in [2.05, 4.69) is 44.2 Å². The third kappa shape index (κ3) is 5.14. The summed E-state index contributed by atoms with van der Waals surface area (Å²) in [4.78, 5) is 16.3. The molecule has 0 saturated heterocycles. The topological polar surface area (TPSA) is 88.5 Å². The van der Waals surface area contributed by atoms with Crippen LogP contribution in [0.5, 0.6) is 23.8 Å². The molecule has 0 amide bonds. The molecular weight excluding hydrogens is 384 g/mol. The molecule has 2 atom stereocenters. The van der Waals surface area contributed by atoms with E-state index in [1.807, 2.05) is 12.1 Å². The quantitative estimate of drug-likeness (QED) is 0.608. The maximum Gasteiger partial charge on any atom is 0.319 e. The molecule has 0 aliphatic heterocycles. The van der Waals surface area contributed by atoms with Crippen molar-refractivity contribution in [3.63, 3.8) is 0 Å². The second-order valence-electron chi connectivity index (χ2n) is 6.61. The van der Waals surface area contributed by atoms with Crippen molar-refractivity contribution < 1.29 is 18.9 Å². The monoisotopic (exact) mass is 410 g/mol. The van der Waals surface area contributed by atoms with Crippen molar-refractivity contribution in [2.45, 2.75) is 24.7 Å². The molecule has 30 heavy (non-hydrogen) atoms. The van der Waals surface area contributed by atoms with Gasteiger partial charge in [0.15, 0.2) is 0 Å². The van der Waals surface area contributed by atoms with E-state index in [4.69, 9.17) is 18.9 Å². The molecular formula is C22H26N4O4. The fraction of sp³-hybridized carbons (Fsp3) is 0.364. The fourth-order valence-electron chi connectivity index (χ4n) is 3.30. The Morgan fingerprint density at radius 2 is 1.37 bits per heavy atom. The van der Waals surface area contributed by atoms with Crippen molar-refractivity contribution in [1.82, 2.24) is 19.9 Å². The van der Waals surface area contributed by atoms with Gasteiger partial charge in [0.05, 0.1) is 34.1 Å². The summed E-state index contributed by atoms with van der Waals surface area (Å²) in [5.41, 5.74) is 2.38. The van der Waals surface area contributed by atoms with Crippen molar-refractivity contribution in [2.24, 2.45) is 0 Å². The van der Waals surface area contributed by atoms with Crippen LogP contribution in [0.3, 0.4) is 0 Å². The standard InChI is InChI=1S/C16H18N2O2.C6H8N2O2/c1-19-15-10-14(17-16(18-15)20-2)13-9-8-12(13)11-6-4-3-5-7-11;1-9-5-3-4-7-6(8-5)10-2/h3-7,10,12-13H,8-9H2,1-2H3;3-4H,1-2H3/t12?,13-;/m0./s1. The summed E-state index contributed by atoms with van der Waals surface area (Å²) in [5.74, 6) is 2.01. The van der Waals surface area contributed by atoms with Crippen LogP contribution in [0.25, 0.3) is 0 Å². The molecule has 1 saturated carbocycles. The highest BCUT2D eigenvalue weighted by Gasteiger charge is 2.35. The SMILES string of the molecule is COc1cc([C@H]2CCC2c2ccccc2)nc(OC)n1.COc1ccnc(OC)n1. The molecule has 8 heteroatoms. The molecule has 158 valence electrons. The molecule has 2 aromatic heterocycles. The molecule has 0 radical (unpaired) electrons. The van der Waals surface area contributed by atoms with Gasteiger partial charge in [0.1, 0.15) is 0 Å². The van der Waals surface area contributed by atoms with Gasteiger partial charge in [0, 0.05) is 24.2 Å². The molecule has 1 unspecified atom stereocenters. The van der Waals surface area contributed by atoms with Crippen LogP contribution in [0.1, 0.15) is 35.9 Å². The van der Waals surface area contributed by atoms with Gasteiger partial charge >= 0.3 is 12.0 Å². The summed E-state index contributed by atoms with van der Waals surface area (Å²) in [6.45, 7) is 0. The number of methoxy groups -OCH3 is 4. The smallest absolute Gasteiger partial charge is 0.319 e. The number of hydrogen-bond acceptors (Lipinski definition) is 8. The van der Waals surface area contributed by atoms with E-state index >= 15 is 0 Å². The first-order chi connectivity index (χ1) is 14.7. The number of rotatable bonds is 6. The first-order valence-electron chi connectivity index (χ1n) is 9.61. The summed E-state index contributed by atoms with van der Waals surface area (Å²) in [6.07, 6.45) is 3.91. The van der Waals surface area contributed by atoms with Gasteiger partial charge < -0.3 is 18.9 Å². The summed E-state index contributed by atoms with van der Waals surface area (Å²) < 4.78 is 20.0. The minimum Gasteiger partial charge on any atom is -0.481 e. The third-order valence-corrected chi connectivity index (χ3v) is 4.98. The number of ether oxygens (including phenoxy) is 4. The third-order valence-electron chi connectivity index (χ3n) is 4.98. The molecule has 0 bridgehead atoms. The lowest BCUT2D eigenvalue weighted by Gasteiger charge is -2.36. The normalized spacial score (nSPS) is 17.1. The van der Waals surface area contributed by atoms with Crippen LogP contribution in [0, 0.1) is 0 Å². The van der Waals surface area contributed by atoms with Gasteiger partial charge in [-0.2, -0.15) is 15.0 Å². The van der Waals surface area contributed by atoms with Crippen LogP contribution in [0.2, 0.25) is 0 Å². The van der Waals surface area contributed by atoms with Gasteiger partial charge in [-0.05, 0) is 24.3 Å². The molecule has 3 aromatic rings. The summed E-state index contributed by atoms with van der Waals surface area (Å²) in [6, 6.07) is 14.9. The van der Waals surface area contributed by atoms with E-state index < -0.39 is 0 Å². The largest absolute Gasteiger partial charge is 0.481 e. The lowest BCUT2D eigenvalue weighted by Crippen LogP contribution is -2.23. The second kappa shape index (κ2) is 10.4. The van der Waals surface area contributed by atoms with Crippen LogP contribution in [0.15, 0.2) is 48.7 Å². The molecule has 0 N–H and O–H groups in total. The summed E-state index contributed by atoms with van der Waals surface area (Å²) in [7, 11) is 6.24. The highest BCUT2D eigenvalue weighted by molar-refractivity contribution is 5.31. The van der Waals surface area contributed by atoms with Gasteiger partial charge in [0.2, 0.25) is 11.8 Å². The molecule has 1 aliphatic rings.